The van der Waals surface area contributed by atoms with Crippen molar-refractivity contribution in [3.63, 3.8) is 0 Å². The number of nitrogens with one attached hydrogen (secondary N) is 3. The van der Waals surface area contributed by atoms with Crippen LogP contribution in [0.4, 0.5) is 11.4 Å². The van der Waals surface area contributed by atoms with Crippen LogP contribution in [-0.4, -0.2) is 21.8 Å². The number of H-pyrrole nitrogens is 1. The van der Waals surface area contributed by atoms with Gasteiger partial charge < -0.3 is 4.98 Å². The highest BCUT2D eigenvalue weighted by molar-refractivity contribution is 7.94. The van der Waals surface area contributed by atoms with Gasteiger partial charge in [-0.25, -0.2) is 16.8 Å². The van der Waals surface area contributed by atoms with E-state index in [9.17, 15) is 21.6 Å². The monoisotopic (exact) mass is 535 g/mol. The number of rotatable bonds is 6. The molecule has 0 aliphatic rings. The molecule has 0 atom stereocenters. The van der Waals surface area contributed by atoms with Gasteiger partial charge in [0.25, 0.3) is 20.0 Å². The van der Waals surface area contributed by atoms with E-state index in [0.29, 0.717) is 10.2 Å². The van der Waals surface area contributed by atoms with Gasteiger partial charge in [-0.15, -0.1) is 11.3 Å². The minimum atomic E-state index is -4.15. The molecule has 0 aliphatic heterocycles. The summed E-state index contributed by atoms with van der Waals surface area (Å²) < 4.78 is 56.3. The van der Waals surface area contributed by atoms with Crippen LogP contribution >= 0.6 is 45.9 Å². The van der Waals surface area contributed by atoms with Crippen molar-refractivity contribution < 1.29 is 16.8 Å². The molecule has 0 saturated carbocycles. The highest BCUT2D eigenvalue weighted by Crippen LogP contribution is 2.35. The van der Waals surface area contributed by atoms with Crippen molar-refractivity contribution in [1.29, 1.82) is 0 Å². The Kier molecular flexibility index (Phi) is 5.79. The highest BCUT2D eigenvalue weighted by Gasteiger charge is 2.22. The Morgan fingerprint density at radius 1 is 0.871 bits per heavy atom. The standard InChI is InChI=1S/C17H11Cl2N3O5S4/c18-10-7-13(14(8-11(10)19)22-31(26,27)16-2-1-5-28-16)21-30(24,25)9-3-4-12-15(6-9)29-17(23)20-12/h1-8,21-22H,(H,20,23). The highest BCUT2D eigenvalue weighted by atomic mass is 35.5. The van der Waals surface area contributed by atoms with E-state index < -0.39 is 20.0 Å². The molecular weight excluding hydrogens is 525 g/mol. The van der Waals surface area contributed by atoms with Gasteiger partial charge in [-0.05, 0) is 41.8 Å². The van der Waals surface area contributed by atoms with Crippen LogP contribution in [0.1, 0.15) is 0 Å². The maximum absolute atomic E-state index is 12.9. The summed E-state index contributed by atoms with van der Waals surface area (Å²) in [6.07, 6.45) is 0. The molecule has 4 rings (SSSR count). The minimum Gasteiger partial charge on any atom is -0.312 e. The molecule has 0 fully saturated rings. The lowest BCUT2D eigenvalue weighted by molar-refractivity contribution is 0.600. The molecule has 0 amide bonds. The third-order valence-corrected chi connectivity index (χ3v) is 9.71. The number of thiophene rings is 1. The predicted molar refractivity (Wildman–Crippen MR) is 125 cm³/mol. The van der Waals surface area contributed by atoms with Gasteiger partial charge in [-0.3, -0.25) is 14.2 Å². The van der Waals surface area contributed by atoms with Gasteiger partial charge in [0.15, 0.2) is 0 Å². The largest absolute Gasteiger partial charge is 0.312 e. The number of aromatic nitrogens is 1. The summed E-state index contributed by atoms with van der Waals surface area (Å²) in [7, 11) is -8.12. The van der Waals surface area contributed by atoms with Crippen LogP contribution in [0, 0.1) is 0 Å². The van der Waals surface area contributed by atoms with Gasteiger partial charge in [0.1, 0.15) is 4.21 Å². The first-order valence-corrected chi connectivity index (χ1v) is 13.7. The lowest BCUT2D eigenvalue weighted by atomic mass is 10.3. The Morgan fingerprint density at radius 2 is 1.52 bits per heavy atom. The van der Waals surface area contributed by atoms with Crippen LogP contribution in [0.2, 0.25) is 10.0 Å². The summed E-state index contributed by atoms with van der Waals surface area (Å²) in [4.78, 5) is 13.7. The molecule has 0 saturated heterocycles. The Hall–Kier alpha value is -2.09. The molecule has 2 heterocycles. The number of thiazole rings is 1. The molecule has 3 N–H and O–H groups in total. The van der Waals surface area contributed by atoms with Gasteiger partial charge in [0.2, 0.25) is 0 Å². The van der Waals surface area contributed by atoms with Gasteiger partial charge in [0, 0.05) is 0 Å². The summed E-state index contributed by atoms with van der Waals surface area (Å²) in [5, 5.41) is 1.66. The van der Waals surface area contributed by atoms with E-state index in [1.165, 1.54) is 36.4 Å². The number of aromatic amines is 1. The maximum Gasteiger partial charge on any atom is 0.305 e. The van der Waals surface area contributed by atoms with Crippen molar-refractivity contribution in [2.24, 2.45) is 0 Å². The number of sulfonamides is 2. The third-order valence-electron chi connectivity index (χ3n) is 4.01. The van der Waals surface area contributed by atoms with Crippen molar-refractivity contribution in [2.45, 2.75) is 9.10 Å². The molecule has 0 aliphatic carbocycles. The molecule has 14 heteroatoms. The summed E-state index contributed by atoms with van der Waals surface area (Å²) in [6, 6.07) is 9.54. The summed E-state index contributed by atoms with van der Waals surface area (Å²) in [5.41, 5.74) is 0.295. The Labute approximate surface area is 194 Å². The number of anilines is 2. The molecule has 2 aromatic heterocycles. The predicted octanol–water partition coefficient (Wildman–Crippen LogP) is 4.56. The maximum atomic E-state index is 12.9. The average Bonchev–Trinajstić information content (AvgIpc) is 3.34. The number of halogens is 2. The van der Waals surface area contributed by atoms with Crippen LogP contribution in [0.5, 0.6) is 0 Å². The fourth-order valence-corrected chi connectivity index (χ4v) is 6.96. The first-order chi connectivity index (χ1) is 14.5. The molecule has 0 unspecified atom stereocenters. The Morgan fingerprint density at radius 3 is 2.13 bits per heavy atom. The summed E-state index contributed by atoms with van der Waals surface area (Å²) >= 11 is 13.9. The van der Waals surface area contributed by atoms with Crippen LogP contribution in [0.3, 0.4) is 0 Å². The lowest BCUT2D eigenvalue weighted by Gasteiger charge is -2.15. The second-order valence-electron chi connectivity index (χ2n) is 6.13. The fourth-order valence-electron chi connectivity index (χ4n) is 2.62. The van der Waals surface area contributed by atoms with Gasteiger partial charge in [-0.2, -0.15) is 0 Å². The molecule has 0 radical (unpaired) electrons. The molecule has 31 heavy (non-hydrogen) atoms. The van der Waals surface area contributed by atoms with Crippen molar-refractivity contribution >= 4 is 87.5 Å². The molecule has 8 nitrogen and oxygen atoms in total. The number of hydrogen-bond donors (Lipinski definition) is 3. The minimum absolute atomic E-state index is 0.0257. The zero-order valence-corrected chi connectivity index (χ0v) is 19.8. The number of hydrogen-bond acceptors (Lipinski definition) is 7. The second kappa shape index (κ2) is 8.11. The molecule has 0 spiro atoms. The Balaban J connectivity index is 1.74. The van der Waals surface area contributed by atoms with E-state index in [4.69, 9.17) is 23.2 Å². The van der Waals surface area contributed by atoms with Gasteiger partial charge >= 0.3 is 4.87 Å². The molecular formula is C17H11Cl2N3O5S4. The van der Waals surface area contributed by atoms with Crippen molar-refractivity contribution in [1.82, 2.24) is 4.98 Å². The zero-order valence-electron chi connectivity index (χ0n) is 15.0. The van der Waals surface area contributed by atoms with Crippen LogP contribution in [-0.2, 0) is 20.0 Å². The topological polar surface area (TPSA) is 125 Å². The number of fused-ring (bicyclic) bond motifs is 1. The number of benzene rings is 2. The first-order valence-electron chi connectivity index (χ1n) is 8.26. The quantitative estimate of drug-likeness (QED) is 0.333. The van der Waals surface area contributed by atoms with E-state index in [2.05, 4.69) is 14.4 Å². The summed E-state index contributed by atoms with van der Waals surface area (Å²) in [5.74, 6) is 0. The summed E-state index contributed by atoms with van der Waals surface area (Å²) in [6.45, 7) is 0. The molecule has 162 valence electrons. The SMILES string of the molecule is O=c1[nH]c2ccc(S(=O)(=O)Nc3cc(Cl)c(Cl)cc3NS(=O)(=O)c3cccs3)cc2s1. The lowest BCUT2D eigenvalue weighted by Crippen LogP contribution is -2.17. The van der Waals surface area contributed by atoms with Crippen molar-refractivity contribution in [3.05, 3.63) is 67.6 Å². The van der Waals surface area contributed by atoms with Gasteiger partial charge in [-0.1, -0.05) is 40.6 Å². The smallest absolute Gasteiger partial charge is 0.305 e. The van der Waals surface area contributed by atoms with Crippen LogP contribution in [0.25, 0.3) is 10.2 Å². The van der Waals surface area contributed by atoms with E-state index in [-0.39, 0.29) is 35.4 Å². The van der Waals surface area contributed by atoms with Crippen LogP contribution < -0.4 is 14.3 Å². The molecule has 2 aromatic carbocycles. The van der Waals surface area contributed by atoms with E-state index in [1.54, 1.807) is 11.4 Å². The normalized spacial score (nSPS) is 12.2. The van der Waals surface area contributed by atoms with E-state index in [0.717, 1.165) is 22.7 Å². The van der Waals surface area contributed by atoms with Crippen LogP contribution in [0.15, 0.2) is 61.7 Å². The van der Waals surface area contributed by atoms with E-state index >= 15 is 0 Å². The average molecular weight is 536 g/mol. The zero-order chi connectivity index (χ0) is 22.4. The molecule has 4 aromatic rings. The second-order valence-corrected chi connectivity index (χ2v) is 12.5. The van der Waals surface area contributed by atoms with Crippen molar-refractivity contribution in [2.75, 3.05) is 9.44 Å². The molecule has 0 bridgehead atoms. The fraction of sp³-hybridized carbons (Fsp3) is 0. The first kappa shape index (κ1) is 22.1. The van der Waals surface area contributed by atoms with Crippen molar-refractivity contribution in [3.8, 4) is 0 Å². The van der Waals surface area contributed by atoms with Gasteiger partial charge in [0.05, 0.1) is 36.5 Å². The Bertz CT molecular complexity index is 1560. The third kappa shape index (κ3) is 4.59. The van der Waals surface area contributed by atoms with E-state index in [1.807, 2.05) is 0 Å².